The lowest BCUT2D eigenvalue weighted by atomic mass is 10.2. The first-order valence-corrected chi connectivity index (χ1v) is 5.55. The van der Waals surface area contributed by atoms with Crippen LogP contribution in [0.5, 0.6) is 0 Å². The molecule has 0 fully saturated rings. The highest BCUT2D eigenvalue weighted by molar-refractivity contribution is 7.09. The number of aromatic nitrogens is 2. The van der Waals surface area contributed by atoms with Gasteiger partial charge in [-0.2, -0.15) is 4.37 Å². The van der Waals surface area contributed by atoms with Crippen LogP contribution in [0.2, 0.25) is 0 Å². The molecule has 1 aromatic heterocycles. The van der Waals surface area contributed by atoms with Gasteiger partial charge in [-0.3, -0.25) is 4.79 Å². The lowest BCUT2D eigenvalue weighted by Gasteiger charge is -2.00. The maximum Gasteiger partial charge on any atom is 0.307 e. The molecule has 84 valence electrons. The average Bonchev–Trinajstić information content (AvgIpc) is 2.66. The van der Waals surface area contributed by atoms with Crippen LogP contribution in [0, 0.1) is 0 Å². The standard InChI is InChI=1S/C9H15N3O2S/c1-6(2)8-11-9(15-12-8)10-5-4-7(13)14-3/h6H,4-5H2,1-3H3,(H,10,11,12). The highest BCUT2D eigenvalue weighted by atomic mass is 32.1. The fourth-order valence-electron chi connectivity index (χ4n) is 0.915. The van der Waals surface area contributed by atoms with Gasteiger partial charge in [-0.15, -0.1) is 0 Å². The Hall–Kier alpha value is -1.17. The highest BCUT2D eigenvalue weighted by Crippen LogP contribution is 2.16. The van der Waals surface area contributed by atoms with E-state index < -0.39 is 0 Å². The second-order valence-electron chi connectivity index (χ2n) is 3.37. The number of anilines is 1. The summed E-state index contributed by atoms with van der Waals surface area (Å²) < 4.78 is 8.71. The summed E-state index contributed by atoms with van der Waals surface area (Å²) in [6, 6.07) is 0. The van der Waals surface area contributed by atoms with Crippen LogP contribution >= 0.6 is 11.5 Å². The Labute approximate surface area is 93.0 Å². The zero-order valence-corrected chi connectivity index (χ0v) is 9.93. The van der Waals surface area contributed by atoms with E-state index in [0.29, 0.717) is 18.9 Å². The van der Waals surface area contributed by atoms with Crippen LogP contribution in [-0.2, 0) is 9.53 Å². The number of nitrogens with one attached hydrogen (secondary N) is 1. The fourth-order valence-corrected chi connectivity index (χ4v) is 1.65. The molecule has 0 spiro atoms. The van der Waals surface area contributed by atoms with Crippen molar-refractivity contribution in [3.63, 3.8) is 0 Å². The van der Waals surface area contributed by atoms with Crippen molar-refractivity contribution in [1.29, 1.82) is 0 Å². The molecule has 0 saturated heterocycles. The predicted octanol–water partition coefficient (Wildman–Crippen LogP) is 1.64. The van der Waals surface area contributed by atoms with Crippen molar-refractivity contribution < 1.29 is 9.53 Å². The first-order chi connectivity index (χ1) is 7.13. The molecular formula is C9H15N3O2S. The van der Waals surface area contributed by atoms with Crippen molar-refractivity contribution in [3.8, 4) is 0 Å². The normalized spacial score (nSPS) is 10.4. The topological polar surface area (TPSA) is 64.1 Å². The first kappa shape index (κ1) is 11.9. The molecule has 0 atom stereocenters. The van der Waals surface area contributed by atoms with E-state index in [1.165, 1.54) is 18.6 Å². The first-order valence-electron chi connectivity index (χ1n) is 4.77. The molecule has 0 radical (unpaired) electrons. The van der Waals surface area contributed by atoms with Crippen molar-refractivity contribution in [2.75, 3.05) is 19.0 Å². The van der Waals surface area contributed by atoms with Gasteiger partial charge >= 0.3 is 5.97 Å². The van der Waals surface area contributed by atoms with Crippen LogP contribution in [-0.4, -0.2) is 29.0 Å². The lowest BCUT2D eigenvalue weighted by Crippen LogP contribution is -2.09. The van der Waals surface area contributed by atoms with E-state index in [1.807, 2.05) is 13.8 Å². The average molecular weight is 229 g/mol. The summed E-state index contributed by atoms with van der Waals surface area (Å²) in [4.78, 5) is 15.1. The minimum absolute atomic E-state index is 0.226. The van der Waals surface area contributed by atoms with Gasteiger partial charge in [0.1, 0.15) is 5.82 Å². The minimum atomic E-state index is -0.226. The number of esters is 1. The summed E-state index contributed by atoms with van der Waals surface area (Å²) in [6.45, 7) is 4.61. The second kappa shape index (κ2) is 5.65. The number of ether oxygens (including phenoxy) is 1. The number of hydrogen-bond acceptors (Lipinski definition) is 6. The van der Waals surface area contributed by atoms with Gasteiger partial charge in [0.15, 0.2) is 0 Å². The Kier molecular flexibility index (Phi) is 4.48. The van der Waals surface area contributed by atoms with Crippen LogP contribution < -0.4 is 5.32 Å². The van der Waals surface area contributed by atoms with Crippen LogP contribution in [0.3, 0.4) is 0 Å². The van der Waals surface area contributed by atoms with Crippen LogP contribution in [0.15, 0.2) is 0 Å². The molecule has 0 amide bonds. The molecule has 0 unspecified atom stereocenters. The Morgan fingerprint density at radius 2 is 2.33 bits per heavy atom. The Morgan fingerprint density at radius 1 is 1.60 bits per heavy atom. The van der Waals surface area contributed by atoms with Crippen molar-refractivity contribution in [2.24, 2.45) is 0 Å². The van der Waals surface area contributed by atoms with Crippen LogP contribution in [0.4, 0.5) is 5.13 Å². The molecule has 0 bridgehead atoms. The van der Waals surface area contributed by atoms with Gasteiger partial charge in [-0.25, -0.2) is 4.98 Å². The number of carbonyl (C=O) groups is 1. The molecule has 1 rings (SSSR count). The largest absolute Gasteiger partial charge is 0.469 e. The molecule has 0 aliphatic carbocycles. The quantitative estimate of drug-likeness (QED) is 0.777. The number of rotatable bonds is 5. The van der Waals surface area contributed by atoms with Gasteiger partial charge in [0.25, 0.3) is 0 Å². The Bertz CT molecular complexity index is 325. The van der Waals surface area contributed by atoms with E-state index in [-0.39, 0.29) is 5.97 Å². The maximum absolute atomic E-state index is 10.8. The SMILES string of the molecule is COC(=O)CCNc1nc(C(C)C)ns1. The Balaban J connectivity index is 2.34. The third-order valence-corrected chi connectivity index (χ3v) is 2.48. The third kappa shape index (κ3) is 3.83. The van der Waals surface area contributed by atoms with Crippen molar-refractivity contribution in [1.82, 2.24) is 9.36 Å². The molecule has 5 nitrogen and oxygen atoms in total. The van der Waals surface area contributed by atoms with E-state index in [2.05, 4.69) is 19.4 Å². The summed E-state index contributed by atoms with van der Waals surface area (Å²) in [5, 5.41) is 3.78. The molecule has 6 heteroatoms. The van der Waals surface area contributed by atoms with Crippen LogP contribution in [0.25, 0.3) is 0 Å². The highest BCUT2D eigenvalue weighted by Gasteiger charge is 2.07. The predicted molar refractivity (Wildman–Crippen MR) is 59.1 cm³/mol. The van der Waals surface area contributed by atoms with E-state index in [1.54, 1.807) is 0 Å². The molecular weight excluding hydrogens is 214 g/mol. The molecule has 0 aromatic carbocycles. The summed E-state index contributed by atoms with van der Waals surface area (Å²) >= 11 is 1.31. The molecule has 15 heavy (non-hydrogen) atoms. The van der Waals surface area contributed by atoms with Crippen molar-refractivity contribution >= 4 is 22.6 Å². The van der Waals surface area contributed by atoms with E-state index >= 15 is 0 Å². The zero-order chi connectivity index (χ0) is 11.3. The van der Waals surface area contributed by atoms with Gasteiger partial charge < -0.3 is 10.1 Å². The lowest BCUT2D eigenvalue weighted by molar-refractivity contribution is -0.140. The molecule has 0 saturated carbocycles. The number of nitrogens with zero attached hydrogens (tertiary/aromatic N) is 2. The molecule has 0 aliphatic rings. The van der Waals surface area contributed by atoms with Crippen LogP contribution in [0.1, 0.15) is 32.0 Å². The van der Waals surface area contributed by atoms with Crippen molar-refractivity contribution in [2.45, 2.75) is 26.2 Å². The van der Waals surface area contributed by atoms with E-state index in [0.717, 1.165) is 11.0 Å². The van der Waals surface area contributed by atoms with Gasteiger partial charge in [0.2, 0.25) is 5.13 Å². The molecule has 1 aromatic rings. The monoisotopic (exact) mass is 229 g/mol. The van der Waals surface area contributed by atoms with Gasteiger partial charge in [-0.05, 0) is 0 Å². The van der Waals surface area contributed by atoms with Crippen molar-refractivity contribution in [3.05, 3.63) is 5.82 Å². The number of hydrogen-bond donors (Lipinski definition) is 1. The number of methoxy groups -OCH3 is 1. The fraction of sp³-hybridized carbons (Fsp3) is 0.667. The van der Waals surface area contributed by atoms with E-state index in [4.69, 9.17) is 0 Å². The minimum Gasteiger partial charge on any atom is -0.469 e. The number of carbonyl (C=O) groups excluding carboxylic acids is 1. The smallest absolute Gasteiger partial charge is 0.307 e. The molecule has 1 heterocycles. The van der Waals surface area contributed by atoms with E-state index in [9.17, 15) is 4.79 Å². The van der Waals surface area contributed by atoms with Gasteiger partial charge in [0, 0.05) is 24.0 Å². The second-order valence-corrected chi connectivity index (χ2v) is 4.12. The van der Waals surface area contributed by atoms with Gasteiger partial charge in [0.05, 0.1) is 13.5 Å². The van der Waals surface area contributed by atoms with Gasteiger partial charge in [-0.1, -0.05) is 13.8 Å². The maximum atomic E-state index is 10.8. The third-order valence-electron chi connectivity index (χ3n) is 1.79. The summed E-state index contributed by atoms with van der Waals surface area (Å²) in [7, 11) is 1.38. The molecule has 0 aliphatic heterocycles. The summed E-state index contributed by atoms with van der Waals surface area (Å²) in [6.07, 6.45) is 0.340. The summed E-state index contributed by atoms with van der Waals surface area (Å²) in [5.74, 6) is 0.939. The zero-order valence-electron chi connectivity index (χ0n) is 9.11. The molecule has 1 N–H and O–H groups in total. The Morgan fingerprint density at radius 3 is 2.87 bits per heavy atom. The summed E-state index contributed by atoms with van der Waals surface area (Å²) in [5.41, 5.74) is 0.